The quantitative estimate of drug-likeness (QED) is 0.821. The molecule has 0 amide bonds. The third kappa shape index (κ3) is 3.42. The largest absolute Gasteiger partial charge is 0.507 e. The van der Waals surface area contributed by atoms with Crippen molar-refractivity contribution < 1.29 is 23.9 Å². The van der Waals surface area contributed by atoms with Gasteiger partial charge in [0.05, 0.1) is 24.2 Å². The minimum absolute atomic E-state index is 0.133. The van der Waals surface area contributed by atoms with Gasteiger partial charge in [-0.15, -0.1) is 0 Å². The summed E-state index contributed by atoms with van der Waals surface area (Å²) in [4.78, 5) is 13.9. The molecule has 25 heavy (non-hydrogen) atoms. The lowest BCUT2D eigenvalue weighted by Gasteiger charge is -2.17. The number of carbonyl (C=O) groups excluding carboxylic acids is 1. The van der Waals surface area contributed by atoms with Crippen molar-refractivity contribution in [2.75, 3.05) is 13.1 Å². The molecule has 0 unspecified atom stereocenters. The molecule has 5 heteroatoms. The van der Waals surface area contributed by atoms with Crippen molar-refractivity contribution >= 4 is 11.9 Å². The lowest BCUT2D eigenvalue weighted by Crippen LogP contribution is -3.10. The lowest BCUT2D eigenvalue weighted by molar-refractivity contribution is -0.910. The molecule has 0 fully saturated rings. The van der Waals surface area contributed by atoms with Crippen LogP contribution in [0.25, 0.3) is 6.08 Å². The molecule has 1 heterocycles. The summed E-state index contributed by atoms with van der Waals surface area (Å²) in [5.41, 5.74) is 1.78. The predicted octanol–water partition coefficient (Wildman–Crippen LogP) is 2.57. The van der Waals surface area contributed by atoms with Crippen molar-refractivity contribution in [2.24, 2.45) is 0 Å². The number of ether oxygens (including phenoxy) is 1. The van der Waals surface area contributed by atoms with Crippen LogP contribution in [0.1, 0.15) is 35.3 Å². The van der Waals surface area contributed by atoms with E-state index in [9.17, 15) is 14.3 Å². The number of benzene rings is 2. The van der Waals surface area contributed by atoms with Crippen LogP contribution in [0.3, 0.4) is 0 Å². The van der Waals surface area contributed by atoms with Gasteiger partial charge in [-0.3, -0.25) is 4.79 Å². The summed E-state index contributed by atoms with van der Waals surface area (Å²) < 4.78 is 18.8. The first-order valence-corrected chi connectivity index (χ1v) is 8.41. The normalized spacial score (nSPS) is 14.9. The molecule has 3 rings (SSSR count). The molecule has 2 aromatic rings. The molecule has 0 bridgehead atoms. The smallest absolute Gasteiger partial charge is 0.231 e. The summed E-state index contributed by atoms with van der Waals surface area (Å²) >= 11 is 0. The Kier molecular flexibility index (Phi) is 4.86. The van der Waals surface area contributed by atoms with Crippen molar-refractivity contribution in [1.82, 2.24) is 0 Å². The van der Waals surface area contributed by atoms with Gasteiger partial charge in [0.1, 0.15) is 18.1 Å². The molecule has 130 valence electrons. The average Bonchev–Trinajstić information content (AvgIpc) is 2.92. The number of phenols is 1. The van der Waals surface area contributed by atoms with Crippen LogP contribution in [0.15, 0.2) is 42.2 Å². The van der Waals surface area contributed by atoms with Crippen LogP contribution < -0.4 is 9.64 Å². The number of quaternary nitrogens is 1. The van der Waals surface area contributed by atoms with E-state index in [1.165, 1.54) is 17.0 Å². The fourth-order valence-corrected chi connectivity index (χ4v) is 2.93. The second-order valence-corrected chi connectivity index (χ2v) is 6.07. The molecular formula is C20H21FNO3+. The number of rotatable bonds is 5. The van der Waals surface area contributed by atoms with E-state index in [1.807, 2.05) is 0 Å². The predicted molar refractivity (Wildman–Crippen MR) is 93.2 cm³/mol. The molecular weight excluding hydrogens is 321 g/mol. The van der Waals surface area contributed by atoms with Crippen LogP contribution in [0.4, 0.5) is 4.39 Å². The van der Waals surface area contributed by atoms with E-state index in [0.717, 1.165) is 13.1 Å². The third-order valence-electron chi connectivity index (χ3n) is 4.51. The van der Waals surface area contributed by atoms with Gasteiger partial charge in [0.2, 0.25) is 5.78 Å². The molecule has 2 N–H and O–H groups in total. The van der Waals surface area contributed by atoms with Crippen molar-refractivity contribution in [2.45, 2.75) is 20.4 Å². The second kappa shape index (κ2) is 7.07. The Morgan fingerprint density at radius 1 is 1.12 bits per heavy atom. The Morgan fingerprint density at radius 3 is 2.44 bits per heavy atom. The van der Waals surface area contributed by atoms with E-state index in [-0.39, 0.29) is 23.1 Å². The maximum absolute atomic E-state index is 13.0. The van der Waals surface area contributed by atoms with E-state index in [4.69, 9.17) is 4.74 Å². The van der Waals surface area contributed by atoms with Gasteiger partial charge < -0.3 is 14.7 Å². The summed E-state index contributed by atoms with van der Waals surface area (Å²) in [5.74, 6) is 0.184. The third-order valence-corrected chi connectivity index (χ3v) is 4.51. The number of fused-ring (bicyclic) bond motifs is 1. The monoisotopic (exact) mass is 342 g/mol. The van der Waals surface area contributed by atoms with Crippen LogP contribution in [-0.4, -0.2) is 24.0 Å². The van der Waals surface area contributed by atoms with Crippen molar-refractivity contribution in [3.05, 3.63) is 64.7 Å². The van der Waals surface area contributed by atoms with Crippen LogP contribution >= 0.6 is 0 Å². The Hall–Kier alpha value is -2.66. The first-order valence-electron chi connectivity index (χ1n) is 8.41. The van der Waals surface area contributed by atoms with Crippen LogP contribution in [0.2, 0.25) is 0 Å². The van der Waals surface area contributed by atoms with E-state index in [0.29, 0.717) is 29.0 Å². The zero-order valence-corrected chi connectivity index (χ0v) is 14.3. The van der Waals surface area contributed by atoms with Gasteiger partial charge >= 0.3 is 0 Å². The number of ketones is 1. The average molecular weight is 342 g/mol. The highest BCUT2D eigenvalue weighted by molar-refractivity contribution is 6.14. The highest BCUT2D eigenvalue weighted by Gasteiger charge is 2.32. The van der Waals surface area contributed by atoms with Crippen molar-refractivity contribution in [3.8, 4) is 11.5 Å². The summed E-state index contributed by atoms with van der Waals surface area (Å²) in [5, 5.41) is 10.2. The number of halogens is 1. The first-order chi connectivity index (χ1) is 12.0. The molecule has 0 aliphatic carbocycles. The Labute approximate surface area is 146 Å². The molecule has 4 nitrogen and oxygen atoms in total. The van der Waals surface area contributed by atoms with Crippen molar-refractivity contribution in [3.63, 3.8) is 0 Å². The van der Waals surface area contributed by atoms with E-state index >= 15 is 0 Å². The number of Topliss-reactive ketones (excluding diaryl/α,β-unsaturated/α-hetero) is 1. The number of aromatic hydroxyl groups is 1. The van der Waals surface area contributed by atoms with Crippen molar-refractivity contribution in [1.29, 1.82) is 0 Å². The van der Waals surface area contributed by atoms with Gasteiger partial charge in [-0.1, -0.05) is 12.1 Å². The SMILES string of the molecule is CC[NH+](CC)Cc1c(O)ccc2c1OC(=Cc1ccc(F)cc1)C2=O. The van der Waals surface area contributed by atoms with E-state index in [2.05, 4.69) is 13.8 Å². The number of hydrogen-bond acceptors (Lipinski definition) is 3. The summed E-state index contributed by atoms with van der Waals surface area (Å²) in [6.07, 6.45) is 1.59. The highest BCUT2D eigenvalue weighted by atomic mass is 19.1. The number of carbonyl (C=O) groups is 1. The van der Waals surface area contributed by atoms with Gasteiger partial charge in [-0.05, 0) is 49.8 Å². The van der Waals surface area contributed by atoms with Gasteiger partial charge in [0.15, 0.2) is 11.5 Å². The highest BCUT2D eigenvalue weighted by Crippen LogP contribution is 2.39. The van der Waals surface area contributed by atoms with Crippen LogP contribution in [0.5, 0.6) is 11.5 Å². The Bertz CT molecular complexity index is 824. The molecule has 0 saturated heterocycles. The fraction of sp³-hybridized carbons (Fsp3) is 0.250. The lowest BCUT2D eigenvalue weighted by atomic mass is 10.0. The topological polar surface area (TPSA) is 51.0 Å². The second-order valence-electron chi connectivity index (χ2n) is 6.07. The molecule has 2 aromatic carbocycles. The minimum Gasteiger partial charge on any atom is -0.507 e. The Morgan fingerprint density at radius 2 is 1.80 bits per heavy atom. The molecule has 0 spiro atoms. The molecule has 0 saturated carbocycles. The van der Waals surface area contributed by atoms with E-state index < -0.39 is 0 Å². The maximum atomic E-state index is 13.0. The molecule has 1 aliphatic rings. The molecule has 0 aromatic heterocycles. The number of hydrogen-bond donors (Lipinski definition) is 2. The first kappa shape index (κ1) is 17.2. The molecule has 0 atom stereocenters. The standard InChI is InChI=1S/C20H20FNO3/c1-3-22(4-2)12-16-17(23)10-9-15-19(24)18(25-20(15)16)11-13-5-7-14(21)8-6-13/h5-11,23H,3-4,12H2,1-2H3/p+1. The van der Waals surface area contributed by atoms with E-state index in [1.54, 1.807) is 30.3 Å². The fourth-order valence-electron chi connectivity index (χ4n) is 2.93. The van der Waals surface area contributed by atoms with Crippen LogP contribution in [0, 0.1) is 5.82 Å². The summed E-state index contributed by atoms with van der Waals surface area (Å²) in [6.45, 7) is 6.55. The number of nitrogens with one attached hydrogen (secondary N) is 1. The number of allylic oxidation sites excluding steroid dienone is 1. The summed E-state index contributed by atoms with van der Waals surface area (Å²) in [7, 11) is 0. The zero-order valence-electron chi connectivity index (χ0n) is 14.3. The minimum atomic E-state index is -0.335. The van der Waals surface area contributed by atoms with Gasteiger partial charge in [0, 0.05) is 0 Å². The van der Waals surface area contributed by atoms with Gasteiger partial charge in [0.25, 0.3) is 0 Å². The zero-order chi connectivity index (χ0) is 18.0. The molecule has 1 aliphatic heterocycles. The maximum Gasteiger partial charge on any atom is 0.231 e. The molecule has 0 radical (unpaired) electrons. The van der Waals surface area contributed by atoms with Crippen LogP contribution in [-0.2, 0) is 6.54 Å². The van der Waals surface area contributed by atoms with Gasteiger partial charge in [-0.2, -0.15) is 0 Å². The number of phenolic OH excluding ortho intramolecular Hbond substituents is 1. The Balaban J connectivity index is 1.96. The van der Waals surface area contributed by atoms with Gasteiger partial charge in [-0.25, -0.2) is 4.39 Å². The summed E-state index contributed by atoms with van der Waals surface area (Å²) in [6, 6.07) is 8.96.